The molecule has 0 saturated carbocycles. The second kappa shape index (κ2) is 5.67. The number of halogens is 1. The molecular formula is C15H17BrN2O3. The summed E-state index contributed by atoms with van der Waals surface area (Å²) in [6, 6.07) is 5.42. The second-order valence-corrected chi connectivity index (χ2v) is 6.31. The molecule has 2 saturated heterocycles. The smallest absolute Gasteiger partial charge is 0.246 e. The highest BCUT2D eigenvalue weighted by Gasteiger charge is 2.41. The van der Waals surface area contributed by atoms with Gasteiger partial charge in [0.25, 0.3) is 0 Å². The first-order valence-electron chi connectivity index (χ1n) is 7.01. The zero-order chi connectivity index (χ0) is 15.0. The van der Waals surface area contributed by atoms with Gasteiger partial charge >= 0.3 is 0 Å². The van der Waals surface area contributed by atoms with E-state index < -0.39 is 0 Å². The Morgan fingerprint density at radius 3 is 2.95 bits per heavy atom. The van der Waals surface area contributed by atoms with E-state index in [0.29, 0.717) is 13.1 Å². The predicted octanol–water partition coefficient (Wildman–Crippen LogP) is 1.79. The molecule has 2 amide bonds. The molecule has 0 radical (unpaired) electrons. The number of fused-ring (bicyclic) bond motifs is 1. The van der Waals surface area contributed by atoms with Crippen LogP contribution in [-0.2, 0) is 16.1 Å². The van der Waals surface area contributed by atoms with Crippen LogP contribution >= 0.6 is 15.9 Å². The quantitative estimate of drug-likeness (QED) is 0.833. The number of benzene rings is 1. The van der Waals surface area contributed by atoms with E-state index in [2.05, 4.69) is 15.9 Å². The Balaban J connectivity index is 1.83. The normalized spacial score (nSPS) is 21.7. The number of ether oxygens (including phenoxy) is 1. The Hall–Kier alpha value is -1.56. The Kier molecular flexibility index (Phi) is 3.89. The fraction of sp³-hybridized carbons (Fsp3) is 0.467. The van der Waals surface area contributed by atoms with E-state index in [0.717, 1.165) is 28.6 Å². The maximum absolute atomic E-state index is 12.5. The zero-order valence-electron chi connectivity index (χ0n) is 11.8. The molecule has 1 atom stereocenters. The number of carbonyl (C=O) groups is 2. The monoisotopic (exact) mass is 352 g/mol. The lowest BCUT2D eigenvalue weighted by molar-refractivity contribution is -0.154. The maximum atomic E-state index is 12.5. The highest BCUT2D eigenvalue weighted by atomic mass is 79.9. The molecule has 6 heteroatoms. The van der Waals surface area contributed by atoms with Crippen LogP contribution < -0.4 is 4.74 Å². The zero-order valence-corrected chi connectivity index (χ0v) is 13.4. The minimum absolute atomic E-state index is 0.0473. The SMILES string of the molecule is COc1ccc(Br)cc1CN1CC(=O)N2CCCC2C1=O. The van der Waals surface area contributed by atoms with Gasteiger partial charge in [0.05, 0.1) is 7.11 Å². The van der Waals surface area contributed by atoms with Crippen LogP contribution in [0.5, 0.6) is 5.75 Å². The van der Waals surface area contributed by atoms with Gasteiger partial charge in [-0.2, -0.15) is 0 Å². The first kappa shape index (κ1) is 14.4. The van der Waals surface area contributed by atoms with Crippen molar-refractivity contribution in [2.45, 2.75) is 25.4 Å². The third kappa shape index (κ3) is 2.64. The molecule has 2 aliphatic rings. The highest BCUT2D eigenvalue weighted by molar-refractivity contribution is 9.10. The molecule has 2 heterocycles. The number of piperazine rings is 1. The van der Waals surface area contributed by atoms with Crippen molar-refractivity contribution in [3.05, 3.63) is 28.2 Å². The van der Waals surface area contributed by atoms with Crippen LogP contribution in [0.1, 0.15) is 18.4 Å². The van der Waals surface area contributed by atoms with E-state index in [1.165, 1.54) is 0 Å². The van der Waals surface area contributed by atoms with Crippen LogP contribution in [0, 0.1) is 0 Å². The van der Waals surface area contributed by atoms with Crippen molar-refractivity contribution in [2.24, 2.45) is 0 Å². The van der Waals surface area contributed by atoms with E-state index in [-0.39, 0.29) is 24.4 Å². The van der Waals surface area contributed by atoms with Gasteiger partial charge in [-0.25, -0.2) is 0 Å². The van der Waals surface area contributed by atoms with Crippen LogP contribution in [-0.4, -0.2) is 47.9 Å². The minimum Gasteiger partial charge on any atom is -0.496 e. The first-order chi connectivity index (χ1) is 10.1. The lowest BCUT2D eigenvalue weighted by atomic mass is 10.1. The molecule has 0 spiro atoms. The van der Waals surface area contributed by atoms with Crippen molar-refractivity contribution in [3.63, 3.8) is 0 Å². The Labute approximate surface area is 132 Å². The van der Waals surface area contributed by atoms with Gasteiger partial charge < -0.3 is 14.5 Å². The summed E-state index contributed by atoms with van der Waals surface area (Å²) >= 11 is 3.43. The molecule has 21 heavy (non-hydrogen) atoms. The summed E-state index contributed by atoms with van der Waals surface area (Å²) in [6.45, 7) is 1.27. The van der Waals surface area contributed by atoms with Crippen molar-refractivity contribution in [3.8, 4) is 5.75 Å². The van der Waals surface area contributed by atoms with Crippen molar-refractivity contribution in [1.82, 2.24) is 9.80 Å². The molecule has 5 nitrogen and oxygen atoms in total. The third-order valence-electron chi connectivity index (χ3n) is 4.10. The number of methoxy groups -OCH3 is 1. The minimum atomic E-state index is -0.260. The lowest BCUT2D eigenvalue weighted by Gasteiger charge is -2.36. The Bertz CT molecular complexity index is 590. The molecule has 0 aromatic heterocycles. The highest BCUT2D eigenvalue weighted by Crippen LogP contribution is 2.28. The molecule has 3 rings (SSSR count). The first-order valence-corrected chi connectivity index (χ1v) is 7.80. The number of hydrogen-bond acceptors (Lipinski definition) is 3. The molecule has 2 fully saturated rings. The van der Waals surface area contributed by atoms with Gasteiger partial charge in [0.1, 0.15) is 18.3 Å². The summed E-state index contributed by atoms with van der Waals surface area (Å²) in [5.74, 6) is 0.826. The molecule has 0 N–H and O–H groups in total. The van der Waals surface area contributed by atoms with E-state index in [4.69, 9.17) is 4.74 Å². The summed E-state index contributed by atoms with van der Waals surface area (Å²) in [5, 5.41) is 0. The van der Waals surface area contributed by atoms with Crippen LogP contribution in [0.2, 0.25) is 0 Å². The van der Waals surface area contributed by atoms with Gasteiger partial charge in [0.2, 0.25) is 11.8 Å². The van der Waals surface area contributed by atoms with E-state index >= 15 is 0 Å². The number of nitrogens with zero attached hydrogens (tertiary/aromatic N) is 2. The topological polar surface area (TPSA) is 49.9 Å². The largest absolute Gasteiger partial charge is 0.496 e. The molecule has 0 bridgehead atoms. The molecular weight excluding hydrogens is 336 g/mol. The van der Waals surface area contributed by atoms with E-state index in [9.17, 15) is 9.59 Å². The standard InChI is InChI=1S/C15H17BrN2O3/c1-21-13-5-4-11(16)7-10(13)8-17-9-14(19)18-6-2-3-12(18)15(17)20/h4-5,7,12H,2-3,6,8-9H2,1H3. The van der Waals surface area contributed by atoms with Crippen LogP contribution in [0.4, 0.5) is 0 Å². The van der Waals surface area contributed by atoms with Crippen molar-refractivity contribution < 1.29 is 14.3 Å². The number of amides is 2. The average Bonchev–Trinajstić information content (AvgIpc) is 2.95. The maximum Gasteiger partial charge on any atom is 0.246 e. The summed E-state index contributed by atoms with van der Waals surface area (Å²) in [4.78, 5) is 28.0. The summed E-state index contributed by atoms with van der Waals surface area (Å²) in [6.07, 6.45) is 1.69. The molecule has 0 aliphatic carbocycles. The van der Waals surface area contributed by atoms with Crippen molar-refractivity contribution >= 4 is 27.7 Å². The third-order valence-corrected chi connectivity index (χ3v) is 4.59. The summed E-state index contributed by atoms with van der Waals surface area (Å²) in [5.41, 5.74) is 0.902. The Morgan fingerprint density at radius 1 is 1.38 bits per heavy atom. The number of hydrogen-bond donors (Lipinski definition) is 0. The molecule has 2 aliphatic heterocycles. The molecule has 1 aromatic carbocycles. The molecule has 1 aromatic rings. The average molecular weight is 353 g/mol. The van der Waals surface area contributed by atoms with Crippen molar-refractivity contribution in [1.29, 1.82) is 0 Å². The molecule has 1 unspecified atom stereocenters. The van der Waals surface area contributed by atoms with Gasteiger partial charge in [-0.1, -0.05) is 15.9 Å². The van der Waals surface area contributed by atoms with Crippen LogP contribution in [0.15, 0.2) is 22.7 Å². The lowest BCUT2D eigenvalue weighted by Crippen LogP contribution is -2.56. The molecule has 112 valence electrons. The number of rotatable bonds is 3. The predicted molar refractivity (Wildman–Crippen MR) is 80.8 cm³/mol. The van der Waals surface area contributed by atoms with Gasteiger partial charge in [0.15, 0.2) is 0 Å². The fourth-order valence-corrected chi connectivity index (χ4v) is 3.48. The van der Waals surface area contributed by atoms with Crippen LogP contribution in [0.3, 0.4) is 0 Å². The number of carbonyl (C=O) groups excluding carboxylic acids is 2. The fourth-order valence-electron chi connectivity index (χ4n) is 3.07. The van der Waals surface area contributed by atoms with Gasteiger partial charge in [-0.05, 0) is 31.0 Å². The Morgan fingerprint density at radius 2 is 2.19 bits per heavy atom. The van der Waals surface area contributed by atoms with Crippen LogP contribution in [0.25, 0.3) is 0 Å². The van der Waals surface area contributed by atoms with E-state index in [1.54, 1.807) is 16.9 Å². The summed E-state index contributed by atoms with van der Waals surface area (Å²) < 4.78 is 6.26. The van der Waals surface area contributed by atoms with Crippen molar-refractivity contribution in [2.75, 3.05) is 20.2 Å². The van der Waals surface area contributed by atoms with Gasteiger partial charge in [0, 0.05) is 23.1 Å². The van der Waals surface area contributed by atoms with Gasteiger partial charge in [-0.15, -0.1) is 0 Å². The van der Waals surface area contributed by atoms with E-state index in [1.807, 2.05) is 18.2 Å². The second-order valence-electron chi connectivity index (χ2n) is 5.40. The van der Waals surface area contributed by atoms with Gasteiger partial charge in [-0.3, -0.25) is 9.59 Å². The summed E-state index contributed by atoms with van der Waals surface area (Å²) in [7, 11) is 1.61.